The molecule has 2 atom stereocenters. The van der Waals surface area contributed by atoms with E-state index in [9.17, 15) is 5.11 Å². The predicted molar refractivity (Wildman–Crippen MR) is 149 cm³/mol. The van der Waals surface area contributed by atoms with Crippen molar-refractivity contribution in [2.45, 2.75) is 38.4 Å². The van der Waals surface area contributed by atoms with E-state index < -0.39 is 0 Å². The van der Waals surface area contributed by atoms with Crippen LogP contribution in [-0.4, -0.2) is 27.8 Å². The lowest BCUT2D eigenvalue weighted by atomic mass is 9.86. The molecule has 0 spiro atoms. The summed E-state index contributed by atoms with van der Waals surface area (Å²) in [5.74, 6) is 0.0804. The molecule has 180 valence electrons. The van der Waals surface area contributed by atoms with E-state index in [0.29, 0.717) is 20.8 Å². The van der Waals surface area contributed by atoms with Crippen molar-refractivity contribution < 1.29 is 5.11 Å². The quantitative estimate of drug-likeness (QED) is 0.363. The van der Waals surface area contributed by atoms with Crippen LogP contribution in [-0.2, 0) is 0 Å². The molecule has 2 N–H and O–H groups in total. The Labute approximate surface area is 221 Å². The third-order valence-electron chi connectivity index (χ3n) is 6.95. The van der Waals surface area contributed by atoms with Crippen LogP contribution in [0, 0.1) is 0 Å². The molecular weight excluding hydrogens is 499 g/mol. The summed E-state index contributed by atoms with van der Waals surface area (Å²) in [5.41, 5.74) is 5.45. The van der Waals surface area contributed by atoms with Crippen molar-refractivity contribution in [1.29, 1.82) is 0 Å². The van der Waals surface area contributed by atoms with E-state index in [1.165, 1.54) is 5.57 Å². The van der Waals surface area contributed by atoms with Gasteiger partial charge < -0.3 is 20.2 Å². The summed E-state index contributed by atoms with van der Waals surface area (Å²) in [6.45, 7) is 6.49. The van der Waals surface area contributed by atoms with Gasteiger partial charge in [0, 0.05) is 34.5 Å². The number of nitrogens with zero attached hydrogens (tertiary/aromatic N) is 3. The molecule has 0 aliphatic carbocycles. The number of aromatic nitrogens is 1. The molecule has 2 aliphatic rings. The van der Waals surface area contributed by atoms with Crippen LogP contribution >= 0.6 is 35.4 Å². The second-order valence-corrected chi connectivity index (χ2v) is 10.8. The van der Waals surface area contributed by atoms with Crippen LogP contribution in [0.1, 0.15) is 49.7 Å². The van der Waals surface area contributed by atoms with Crippen LogP contribution in [0.2, 0.25) is 10.0 Å². The van der Waals surface area contributed by atoms with Crippen molar-refractivity contribution in [3.63, 3.8) is 0 Å². The van der Waals surface area contributed by atoms with E-state index in [-0.39, 0.29) is 23.4 Å². The van der Waals surface area contributed by atoms with Gasteiger partial charge >= 0.3 is 0 Å². The number of halogens is 2. The largest absolute Gasteiger partial charge is 0.506 e. The number of phenols is 1. The number of fused-ring (bicyclic) bond motifs is 1. The molecule has 2 aromatic carbocycles. The van der Waals surface area contributed by atoms with Gasteiger partial charge in [0.05, 0.1) is 29.0 Å². The number of thiocarbonyl (C=S) groups is 1. The molecular formula is C27H26Cl2N4OS. The second-order valence-electron chi connectivity index (χ2n) is 9.56. The van der Waals surface area contributed by atoms with E-state index >= 15 is 0 Å². The van der Waals surface area contributed by atoms with Crippen LogP contribution in [0.3, 0.4) is 0 Å². The molecule has 2 aliphatic heterocycles. The molecule has 1 aromatic heterocycles. The van der Waals surface area contributed by atoms with Gasteiger partial charge in [-0.15, -0.1) is 0 Å². The molecule has 1 fully saturated rings. The van der Waals surface area contributed by atoms with E-state index in [1.54, 1.807) is 24.4 Å². The maximum absolute atomic E-state index is 10.8. The van der Waals surface area contributed by atoms with Crippen molar-refractivity contribution in [2.24, 2.45) is 0 Å². The Hall–Kier alpha value is -2.80. The third kappa shape index (κ3) is 4.03. The van der Waals surface area contributed by atoms with Gasteiger partial charge in [-0.3, -0.25) is 4.98 Å². The molecule has 0 amide bonds. The summed E-state index contributed by atoms with van der Waals surface area (Å²) in [6, 6.07) is 14.2. The normalized spacial score (nSPS) is 21.0. The van der Waals surface area contributed by atoms with Crippen LogP contribution < -0.4 is 15.1 Å². The number of allylic oxidation sites excluding steroid dienone is 1. The van der Waals surface area contributed by atoms with E-state index in [1.807, 2.05) is 29.2 Å². The van der Waals surface area contributed by atoms with Crippen LogP contribution in [0.4, 0.5) is 11.4 Å². The van der Waals surface area contributed by atoms with Crippen LogP contribution in [0.5, 0.6) is 5.75 Å². The SMILES string of the molecule is CC1=CC(C)(C)N(C)c2cc(Cl)c([C@@H]3[C@@H](c4ccccn4)NC(=S)N3c3cc(Cl)ccc3O)cc21. The first-order valence-electron chi connectivity index (χ1n) is 11.3. The number of likely N-dealkylation sites (N-methyl/N-ethyl adjacent to an activating group) is 1. The average Bonchev–Trinajstić information content (AvgIpc) is 3.16. The highest BCUT2D eigenvalue weighted by atomic mass is 35.5. The molecule has 5 rings (SSSR count). The van der Waals surface area contributed by atoms with Gasteiger partial charge in [-0.05, 0) is 86.6 Å². The number of hydrogen-bond donors (Lipinski definition) is 2. The van der Waals surface area contributed by atoms with Gasteiger partial charge in [-0.1, -0.05) is 35.3 Å². The minimum atomic E-state index is -0.368. The van der Waals surface area contributed by atoms with E-state index in [2.05, 4.69) is 55.2 Å². The number of phenolic OH excluding ortho intramolecular Hbond substituents is 1. The van der Waals surface area contributed by atoms with Crippen LogP contribution in [0.15, 0.2) is 60.8 Å². The Morgan fingerprint density at radius 3 is 2.57 bits per heavy atom. The molecule has 35 heavy (non-hydrogen) atoms. The zero-order valence-electron chi connectivity index (χ0n) is 19.9. The number of aromatic hydroxyl groups is 1. The Kier molecular flexibility index (Phi) is 5.94. The zero-order valence-corrected chi connectivity index (χ0v) is 22.2. The smallest absolute Gasteiger partial charge is 0.174 e. The van der Waals surface area contributed by atoms with Gasteiger partial charge in [0.1, 0.15) is 5.75 Å². The van der Waals surface area contributed by atoms with Gasteiger partial charge in [-0.25, -0.2) is 0 Å². The lowest BCUT2D eigenvalue weighted by Gasteiger charge is -2.41. The van der Waals surface area contributed by atoms with Crippen molar-refractivity contribution in [1.82, 2.24) is 10.3 Å². The lowest BCUT2D eigenvalue weighted by Crippen LogP contribution is -2.42. The van der Waals surface area contributed by atoms with E-state index in [0.717, 1.165) is 22.5 Å². The molecule has 5 nitrogen and oxygen atoms in total. The predicted octanol–water partition coefficient (Wildman–Crippen LogP) is 6.90. The summed E-state index contributed by atoms with van der Waals surface area (Å²) in [5, 5.41) is 15.8. The number of nitrogens with one attached hydrogen (secondary N) is 1. The fourth-order valence-corrected chi connectivity index (χ4v) is 5.81. The first kappa shape index (κ1) is 23.9. The first-order valence-corrected chi connectivity index (χ1v) is 12.5. The summed E-state index contributed by atoms with van der Waals surface area (Å²) in [4.78, 5) is 8.73. The molecule has 0 radical (unpaired) electrons. The Morgan fingerprint density at radius 1 is 1.09 bits per heavy atom. The fourth-order valence-electron chi connectivity index (χ4n) is 5.03. The molecule has 0 unspecified atom stereocenters. The van der Waals surface area contributed by atoms with Gasteiger partial charge in [-0.2, -0.15) is 0 Å². The Morgan fingerprint density at radius 2 is 1.86 bits per heavy atom. The number of hydrogen-bond acceptors (Lipinski definition) is 4. The summed E-state index contributed by atoms with van der Waals surface area (Å²) in [6.07, 6.45) is 4.02. The summed E-state index contributed by atoms with van der Waals surface area (Å²) in [7, 11) is 2.08. The third-order valence-corrected chi connectivity index (χ3v) is 7.83. The highest BCUT2D eigenvalue weighted by molar-refractivity contribution is 7.80. The molecule has 0 bridgehead atoms. The van der Waals surface area contributed by atoms with Gasteiger partial charge in [0.15, 0.2) is 5.11 Å². The molecule has 3 aromatic rings. The summed E-state index contributed by atoms with van der Waals surface area (Å²) < 4.78 is 0. The minimum absolute atomic E-state index is 0.0804. The van der Waals surface area contributed by atoms with Gasteiger partial charge in [0.2, 0.25) is 0 Å². The van der Waals surface area contributed by atoms with Crippen molar-refractivity contribution in [3.8, 4) is 5.75 Å². The number of rotatable bonds is 3. The average molecular weight is 526 g/mol. The van der Waals surface area contributed by atoms with Gasteiger partial charge in [0.25, 0.3) is 0 Å². The molecule has 0 saturated carbocycles. The highest BCUT2D eigenvalue weighted by Gasteiger charge is 2.43. The number of pyridine rings is 1. The standard InChI is InChI=1S/C27H26Cl2N4OS/c1-15-14-27(2,3)32(4)21-13-19(29)18(12-17(15)21)25-24(20-7-5-6-10-30-20)31-26(35)33(25)22-11-16(28)8-9-23(22)34/h5-14,24-25,34H,1-4H3,(H,31,35)/t24-,25-/m1/s1. The fraction of sp³-hybridized carbons (Fsp3) is 0.259. The highest BCUT2D eigenvalue weighted by Crippen LogP contribution is 2.49. The lowest BCUT2D eigenvalue weighted by molar-refractivity contribution is 0.473. The molecule has 1 saturated heterocycles. The second kappa shape index (κ2) is 8.70. The first-order chi connectivity index (χ1) is 16.6. The Balaban J connectivity index is 1.73. The van der Waals surface area contributed by atoms with E-state index in [4.69, 9.17) is 35.4 Å². The maximum Gasteiger partial charge on any atom is 0.174 e. The molecule has 3 heterocycles. The van der Waals surface area contributed by atoms with Crippen molar-refractivity contribution in [2.75, 3.05) is 16.8 Å². The monoisotopic (exact) mass is 524 g/mol. The van der Waals surface area contributed by atoms with Crippen LogP contribution in [0.25, 0.3) is 5.57 Å². The Bertz CT molecular complexity index is 1360. The topological polar surface area (TPSA) is 51.6 Å². The maximum atomic E-state index is 10.8. The van der Waals surface area contributed by atoms with Crippen molar-refractivity contribution in [3.05, 3.63) is 87.7 Å². The zero-order chi connectivity index (χ0) is 25.1. The summed E-state index contributed by atoms with van der Waals surface area (Å²) >= 11 is 19.1. The molecule has 8 heteroatoms. The van der Waals surface area contributed by atoms with Crippen molar-refractivity contribution >= 4 is 57.5 Å². The number of benzene rings is 2. The minimum Gasteiger partial charge on any atom is -0.506 e. The number of anilines is 2.